The van der Waals surface area contributed by atoms with Crippen LogP contribution >= 0.6 is 0 Å². The number of allylic oxidation sites excluding steroid dienone is 34. The number of hydrogen-bond donors (Lipinski definition) is 0. The molecule has 0 radical (unpaired) electrons. The summed E-state index contributed by atoms with van der Waals surface area (Å²) in [5.74, 6) is -0.638. The maximum Gasteiger partial charge on any atom is 0.306 e. The largest absolute Gasteiger partial charge is 0.462 e. The number of rotatable bonds is 47. The maximum absolute atomic E-state index is 12.8. The highest BCUT2D eigenvalue weighted by Crippen LogP contribution is 2.07. The first-order valence-electron chi connectivity index (χ1n) is 27.6. The van der Waals surface area contributed by atoms with Gasteiger partial charge in [0.25, 0.3) is 0 Å². The molecule has 1 unspecified atom stereocenters. The predicted octanol–water partition coefficient (Wildman–Crippen LogP) is 19.3. The van der Waals surface area contributed by atoms with Crippen LogP contribution in [-0.4, -0.2) is 37.9 Å². The van der Waals surface area contributed by atoms with Gasteiger partial charge in [-0.2, -0.15) is 0 Å². The van der Waals surface area contributed by atoms with E-state index in [1.165, 1.54) is 0 Å². The molecule has 1 atom stereocenters. The minimum atomic E-state index is -0.649. The fourth-order valence-corrected chi connectivity index (χ4v) is 6.35. The fourth-order valence-electron chi connectivity index (χ4n) is 6.35. The zero-order valence-electron chi connectivity index (χ0n) is 45.3. The average molecular weight is 984 g/mol. The minimum Gasteiger partial charge on any atom is -0.462 e. The van der Waals surface area contributed by atoms with Gasteiger partial charge < -0.3 is 14.2 Å². The zero-order chi connectivity index (χ0) is 52.0. The van der Waals surface area contributed by atoms with Gasteiger partial charge in [-0.05, 0) is 141 Å². The average Bonchev–Trinajstić information content (AvgIpc) is 3.38. The van der Waals surface area contributed by atoms with Gasteiger partial charge in [0.2, 0.25) is 0 Å². The molecule has 5 nitrogen and oxygen atoms in total. The van der Waals surface area contributed by atoms with E-state index < -0.39 is 6.10 Å². The highest BCUT2D eigenvalue weighted by molar-refractivity contribution is 5.70. The molecule has 0 aromatic rings. The smallest absolute Gasteiger partial charge is 0.306 e. The molecule has 0 aliphatic carbocycles. The minimum absolute atomic E-state index is 0.0196. The van der Waals surface area contributed by atoms with E-state index in [2.05, 4.69) is 215 Å². The first-order chi connectivity index (χ1) is 35.6. The zero-order valence-corrected chi connectivity index (χ0v) is 45.3. The van der Waals surface area contributed by atoms with Crippen LogP contribution in [0, 0.1) is 0 Å². The molecule has 0 saturated carbocycles. The molecule has 72 heavy (non-hydrogen) atoms. The lowest BCUT2D eigenvalue weighted by Crippen LogP contribution is -2.30. The molecule has 396 valence electrons. The van der Waals surface area contributed by atoms with Gasteiger partial charge in [0, 0.05) is 19.4 Å². The number of carbonyl (C=O) groups is 2. The lowest BCUT2D eigenvalue weighted by atomic mass is 10.2. The fraction of sp³-hybridized carbons (Fsp3) is 0.463. The third-order valence-electron chi connectivity index (χ3n) is 10.3. The van der Waals surface area contributed by atoms with E-state index in [0.717, 1.165) is 128 Å². The lowest BCUT2D eigenvalue weighted by Gasteiger charge is -2.18. The second-order valence-electron chi connectivity index (χ2n) is 17.0. The van der Waals surface area contributed by atoms with Crippen LogP contribution in [0.5, 0.6) is 0 Å². The van der Waals surface area contributed by atoms with Crippen molar-refractivity contribution in [2.75, 3.05) is 19.8 Å². The van der Waals surface area contributed by atoms with Crippen molar-refractivity contribution in [3.8, 4) is 0 Å². The van der Waals surface area contributed by atoms with E-state index in [1.54, 1.807) is 0 Å². The Balaban J connectivity index is 4.66. The van der Waals surface area contributed by atoms with Gasteiger partial charge in [0.15, 0.2) is 6.10 Å². The summed E-state index contributed by atoms with van der Waals surface area (Å²) in [6.07, 6.45) is 94.4. The summed E-state index contributed by atoms with van der Waals surface area (Å²) in [4.78, 5) is 25.4. The van der Waals surface area contributed by atoms with Crippen LogP contribution in [-0.2, 0) is 23.8 Å². The van der Waals surface area contributed by atoms with Crippen LogP contribution in [0.3, 0.4) is 0 Å². The monoisotopic (exact) mass is 983 g/mol. The molecule has 0 amide bonds. The highest BCUT2D eigenvalue weighted by atomic mass is 16.6. The van der Waals surface area contributed by atoms with Crippen molar-refractivity contribution in [3.63, 3.8) is 0 Å². The second-order valence-corrected chi connectivity index (χ2v) is 17.0. The van der Waals surface area contributed by atoms with Gasteiger partial charge in [-0.1, -0.05) is 227 Å². The van der Waals surface area contributed by atoms with E-state index in [1.807, 2.05) is 12.2 Å². The second kappa shape index (κ2) is 59.8. The topological polar surface area (TPSA) is 61.8 Å². The molecule has 0 saturated heterocycles. The number of carbonyl (C=O) groups excluding carboxylic acids is 2. The summed E-state index contributed by atoms with van der Waals surface area (Å²) in [5, 5.41) is 0. The van der Waals surface area contributed by atoms with Crippen LogP contribution in [0.1, 0.15) is 175 Å². The molecule has 0 spiro atoms. The third-order valence-corrected chi connectivity index (χ3v) is 10.3. The summed E-state index contributed by atoms with van der Waals surface area (Å²) < 4.78 is 17.2. The van der Waals surface area contributed by atoms with Crippen LogP contribution in [0.2, 0.25) is 0 Å². The van der Waals surface area contributed by atoms with Gasteiger partial charge in [0.1, 0.15) is 6.61 Å². The summed E-state index contributed by atoms with van der Waals surface area (Å²) >= 11 is 0. The van der Waals surface area contributed by atoms with Crippen molar-refractivity contribution in [1.82, 2.24) is 0 Å². The Bertz CT molecular complexity index is 1780. The molecule has 5 heteroatoms. The molecule has 0 aliphatic rings. The summed E-state index contributed by atoms with van der Waals surface area (Å²) in [6, 6.07) is 0. The SMILES string of the molecule is CC/C=C\C/C=C\C/C=C\C/C=C\C/C=C\C/C=C\CCC(=O)OCC(COCCCC/C=C\C/C=C\C/C=C\C/C=C\C/C=C\CC)OC(=O)CC/C=C\C/C=C\C/C=C\C/C=C\C/C=C\C/C=C\CC. The van der Waals surface area contributed by atoms with Crippen LogP contribution in [0.4, 0.5) is 0 Å². The molecule has 0 aromatic heterocycles. The highest BCUT2D eigenvalue weighted by Gasteiger charge is 2.17. The maximum atomic E-state index is 12.8. The van der Waals surface area contributed by atoms with E-state index in [9.17, 15) is 9.59 Å². The molecule has 0 aromatic carbocycles. The standard InChI is InChI=1S/C67H98O5/c1-4-7-10-13-16-19-22-25-28-31-34-36-39-42-45-48-51-54-57-60-66(68)71-64-65(63-70-62-59-56-53-50-47-44-41-38-33-30-27-24-21-18-15-12-9-6-3)72-67(69)61-58-55-52-49-46-43-40-37-35-32-29-26-23-20-17-14-11-8-5-2/h7-12,16-21,25-30,34-38,41-43,45-47,50-52,54-55,65H,4-6,13-15,22-24,31-33,39-40,44,48-49,53,56-64H2,1-3H3/b10-7-,11-8-,12-9-,19-16-,20-17-,21-18-,28-25-,29-26-,30-27-,36-34-,37-35-,41-38-,45-42-,46-43-,50-47-,54-51-,55-52-. The first kappa shape index (κ1) is 66.5. The molecule has 0 bridgehead atoms. The van der Waals surface area contributed by atoms with E-state index in [-0.39, 0.29) is 38.0 Å². The number of hydrogen-bond acceptors (Lipinski definition) is 5. The Morgan fingerprint density at radius 2 is 0.569 bits per heavy atom. The molecule has 0 rings (SSSR count). The van der Waals surface area contributed by atoms with Crippen molar-refractivity contribution >= 4 is 11.9 Å². The molecule has 0 heterocycles. The predicted molar refractivity (Wildman–Crippen MR) is 315 cm³/mol. The van der Waals surface area contributed by atoms with Crippen LogP contribution in [0.25, 0.3) is 0 Å². The molecule has 0 fully saturated rings. The number of unbranched alkanes of at least 4 members (excludes halogenated alkanes) is 2. The van der Waals surface area contributed by atoms with Gasteiger partial charge in [-0.3, -0.25) is 9.59 Å². The Kier molecular flexibility index (Phi) is 55.2. The Morgan fingerprint density at radius 1 is 0.306 bits per heavy atom. The molecule has 0 aliphatic heterocycles. The van der Waals surface area contributed by atoms with Gasteiger partial charge in [0.05, 0.1) is 6.61 Å². The lowest BCUT2D eigenvalue weighted by molar-refractivity contribution is -0.162. The quantitative estimate of drug-likeness (QED) is 0.0345. The van der Waals surface area contributed by atoms with Gasteiger partial charge >= 0.3 is 11.9 Å². The van der Waals surface area contributed by atoms with Crippen molar-refractivity contribution in [2.24, 2.45) is 0 Å². The number of esters is 2. The van der Waals surface area contributed by atoms with Crippen molar-refractivity contribution in [2.45, 2.75) is 181 Å². The number of ether oxygens (including phenoxy) is 3. The summed E-state index contributed by atoms with van der Waals surface area (Å²) in [6.45, 7) is 7.18. The van der Waals surface area contributed by atoms with Gasteiger partial charge in [-0.15, -0.1) is 0 Å². The Labute approximate surface area is 441 Å². The summed E-state index contributed by atoms with van der Waals surface area (Å²) in [7, 11) is 0. The Morgan fingerprint density at radius 3 is 0.875 bits per heavy atom. The molecular weight excluding hydrogens is 885 g/mol. The van der Waals surface area contributed by atoms with E-state index in [0.29, 0.717) is 19.4 Å². The van der Waals surface area contributed by atoms with E-state index in [4.69, 9.17) is 14.2 Å². The Hall–Kier alpha value is -5.52. The third kappa shape index (κ3) is 57.1. The summed E-state index contributed by atoms with van der Waals surface area (Å²) in [5.41, 5.74) is 0. The molecular formula is C67H98O5. The van der Waals surface area contributed by atoms with Crippen molar-refractivity contribution < 1.29 is 23.8 Å². The van der Waals surface area contributed by atoms with Crippen molar-refractivity contribution in [3.05, 3.63) is 207 Å². The van der Waals surface area contributed by atoms with Crippen LogP contribution < -0.4 is 0 Å². The first-order valence-corrected chi connectivity index (χ1v) is 27.6. The van der Waals surface area contributed by atoms with Crippen molar-refractivity contribution in [1.29, 1.82) is 0 Å². The van der Waals surface area contributed by atoms with E-state index >= 15 is 0 Å². The van der Waals surface area contributed by atoms with Crippen LogP contribution in [0.15, 0.2) is 207 Å². The van der Waals surface area contributed by atoms with Gasteiger partial charge in [-0.25, -0.2) is 0 Å². The normalized spacial score (nSPS) is 13.9. The molecule has 0 N–H and O–H groups in total.